The van der Waals surface area contributed by atoms with E-state index in [9.17, 15) is 22.4 Å². The van der Waals surface area contributed by atoms with Crippen molar-refractivity contribution >= 4 is 23.2 Å². The van der Waals surface area contributed by atoms with E-state index in [0.717, 1.165) is 0 Å². The van der Waals surface area contributed by atoms with Crippen molar-refractivity contribution < 1.29 is 31.8 Å². The zero-order valence-corrected chi connectivity index (χ0v) is 14.3. The summed E-state index contributed by atoms with van der Waals surface area (Å²) in [6.07, 6.45) is -5.44. The number of amides is 1. The van der Waals surface area contributed by atoms with Crippen molar-refractivity contribution in [2.75, 3.05) is 11.9 Å². The van der Waals surface area contributed by atoms with Gasteiger partial charge in [-0.25, -0.2) is 4.39 Å². The van der Waals surface area contributed by atoms with Gasteiger partial charge in [0.25, 0.3) is 5.91 Å². The van der Waals surface area contributed by atoms with Crippen LogP contribution in [0.25, 0.3) is 0 Å². The third kappa shape index (κ3) is 3.29. The van der Waals surface area contributed by atoms with Gasteiger partial charge >= 0.3 is 6.18 Å². The van der Waals surface area contributed by atoms with Gasteiger partial charge in [-0.2, -0.15) is 13.2 Å². The minimum absolute atomic E-state index is 0.0965. The maximum absolute atomic E-state index is 14.0. The maximum Gasteiger partial charge on any atom is 0.416 e. The molecular formula is C17H12ClF4NO3. The molecule has 26 heavy (non-hydrogen) atoms. The lowest BCUT2D eigenvalue weighted by Gasteiger charge is -2.30. The van der Waals surface area contributed by atoms with Crippen LogP contribution in [0.4, 0.5) is 23.2 Å². The smallest absolute Gasteiger partial charge is 0.416 e. The van der Waals surface area contributed by atoms with Crippen molar-refractivity contribution in [3.8, 4) is 17.2 Å². The van der Waals surface area contributed by atoms with Crippen LogP contribution < -0.4 is 14.4 Å². The summed E-state index contributed by atoms with van der Waals surface area (Å²) in [5, 5.41) is -0.517. The fourth-order valence-electron chi connectivity index (χ4n) is 2.50. The first-order valence-electron chi connectivity index (χ1n) is 7.40. The van der Waals surface area contributed by atoms with Gasteiger partial charge in [-0.1, -0.05) is 11.6 Å². The highest BCUT2D eigenvalue weighted by molar-refractivity contribution is 6.32. The van der Waals surface area contributed by atoms with Crippen molar-refractivity contribution in [1.82, 2.24) is 0 Å². The Hall–Kier alpha value is -2.48. The first kappa shape index (κ1) is 18.3. The van der Waals surface area contributed by atoms with Crippen molar-refractivity contribution in [2.45, 2.75) is 19.2 Å². The van der Waals surface area contributed by atoms with Gasteiger partial charge in [-0.05, 0) is 31.2 Å². The topological polar surface area (TPSA) is 38.8 Å². The van der Waals surface area contributed by atoms with Crippen molar-refractivity contribution in [1.29, 1.82) is 0 Å². The number of ether oxygens (including phenoxy) is 2. The van der Waals surface area contributed by atoms with E-state index in [2.05, 4.69) is 0 Å². The number of rotatable bonds is 2. The number of hydrogen-bond donors (Lipinski definition) is 0. The third-order valence-corrected chi connectivity index (χ3v) is 4.10. The summed E-state index contributed by atoms with van der Waals surface area (Å²) in [4.78, 5) is 13.3. The number of anilines is 1. The van der Waals surface area contributed by atoms with Crippen LogP contribution in [-0.2, 0) is 11.0 Å². The molecule has 0 spiro atoms. The fraction of sp³-hybridized carbons (Fsp3) is 0.235. The Morgan fingerprint density at radius 3 is 2.54 bits per heavy atom. The molecule has 0 saturated carbocycles. The van der Waals surface area contributed by atoms with Crippen LogP contribution in [0, 0.1) is 5.82 Å². The molecule has 0 aliphatic carbocycles. The minimum atomic E-state index is -4.73. The van der Waals surface area contributed by atoms with Gasteiger partial charge < -0.3 is 14.4 Å². The van der Waals surface area contributed by atoms with Gasteiger partial charge in [0.05, 0.1) is 16.3 Å². The van der Waals surface area contributed by atoms with Crippen molar-refractivity contribution in [2.24, 2.45) is 0 Å². The molecule has 3 rings (SSSR count). The Bertz CT molecular complexity index is 862. The Labute approximate surface area is 150 Å². The first-order valence-corrected chi connectivity index (χ1v) is 7.78. The summed E-state index contributed by atoms with van der Waals surface area (Å²) >= 11 is 5.75. The van der Waals surface area contributed by atoms with Gasteiger partial charge in [0, 0.05) is 13.1 Å². The lowest BCUT2D eigenvalue weighted by Crippen LogP contribution is -2.41. The Morgan fingerprint density at radius 1 is 1.23 bits per heavy atom. The van der Waals surface area contributed by atoms with Gasteiger partial charge in [-0.15, -0.1) is 0 Å². The molecular weight excluding hydrogens is 378 g/mol. The highest BCUT2D eigenvalue weighted by atomic mass is 35.5. The lowest BCUT2D eigenvalue weighted by atomic mass is 10.2. The van der Waals surface area contributed by atoms with E-state index < -0.39 is 34.4 Å². The first-order chi connectivity index (χ1) is 12.1. The van der Waals surface area contributed by atoms with Crippen LogP contribution in [0.5, 0.6) is 17.2 Å². The molecule has 138 valence electrons. The van der Waals surface area contributed by atoms with Crippen LogP contribution in [0.1, 0.15) is 12.5 Å². The average Bonchev–Trinajstić information content (AvgIpc) is 2.55. The standard InChI is InChI=1S/C17H12ClF4NO3/c1-8-16(24)23(2)13-4-3-10(7-14(13)25-8)26-15-11(18)5-9(6-12(15)19)17(20,21)22/h3-8H,1-2H3. The molecule has 2 aromatic rings. The third-order valence-electron chi connectivity index (χ3n) is 3.82. The summed E-state index contributed by atoms with van der Waals surface area (Å²) in [7, 11) is 1.58. The molecule has 0 saturated heterocycles. The van der Waals surface area contributed by atoms with Gasteiger partial charge in [-0.3, -0.25) is 4.79 Å². The Morgan fingerprint density at radius 2 is 1.92 bits per heavy atom. The van der Waals surface area contributed by atoms with Crippen molar-refractivity contribution in [3.63, 3.8) is 0 Å². The molecule has 1 unspecified atom stereocenters. The van der Waals surface area contributed by atoms with Gasteiger partial charge in [0.15, 0.2) is 17.7 Å². The van der Waals surface area contributed by atoms with E-state index in [1.165, 1.54) is 23.1 Å². The van der Waals surface area contributed by atoms with Crippen molar-refractivity contribution in [3.05, 3.63) is 46.7 Å². The number of halogens is 5. The largest absolute Gasteiger partial charge is 0.479 e. The molecule has 2 aromatic carbocycles. The number of fused-ring (bicyclic) bond motifs is 1. The summed E-state index contributed by atoms with van der Waals surface area (Å²) < 4.78 is 62.9. The highest BCUT2D eigenvalue weighted by Crippen LogP contribution is 2.41. The molecule has 1 aliphatic rings. The second-order valence-electron chi connectivity index (χ2n) is 5.66. The Balaban J connectivity index is 1.94. The number of benzene rings is 2. The lowest BCUT2D eigenvalue weighted by molar-refractivity contribution is -0.137. The predicted molar refractivity (Wildman–Crippen MR) is 86.4 cm³/mol. The zero-order valence-electron chi connectivity index (χ0n) is 13.5. The number of likely N-dealkylation sites (N-methyl/N-ethyl adjacent to an activating group) is 1. The molecule has 0 radical (unpaired) electrons. The van der Waals surface area contributed by atoms with E-state index in [1.807, 2.05) is 0 Å². The van der Waals surface area contributed by atoms with E-state index in [4.69, 9.17) is 21.1 Å². The zero-order chi connectivity index (χ0) is 19.2. The maximum atomic E-state index is 14.0. The summed E-state index contributed by atoms with van der Waals surface area (Å²) in [6, 6.07) is 5.25. The number of nitrogens with zero attached hydrogens (tertiary/aromatic N) is 1. The number of carbonyl (C=O) groups is 1. The molecule has 0 aromatic heterocycles. The van der Waals surface area contributed by atoms with E-state index in [1.54, 1.807) is 14.0 Å². The average molecular weight is 390 g/mol. The predicted octanol–water partition coefficient (Wildman–Crippen LogP) is 5.03. The van der Waals surface area contributed by atoms with E-state index in [0.29, 0.717) is 23.6 Å². The number of alkyl halides is 3. The summed E-state index contributed by atoms with van der Waals surface area (Å²) in [5.74, 6) is -1.60. The highest BCUT2D eigenvalue weighted by Gasteiger charge is 2.33. The monoisotopic (exact) mass is 389 g/mol. The molecule has 0 bridgehead atoms. The quantitative estimate of drug-likeness (QED) is 0.676. The Kier molecular flexibility index (Phi) is 4.47. The molecule has 9 heteroatoms. The summed E-state index contributed by atoms with van der Waals surface area (Å²) in [5.41, 5.74) is -0.727. The minimum Gasteiger partial charge on any atom is -0.479 e. The van der Waals surface area contributed by atoms with Crippen LogP contribution in [0.15, 0.2) is 30.3 Å². The van der Waals surface area contributed by atoms with Gasteiger partial charge in [0.2, 0.25) is 0 Å². The fourth-order valence-corrected chi connectivity index (χ4v) is 2.75. The van der Waals surface area contributed by atoms with E-state index in [-0.39, 0.29) is 11.7 Å². The SMILES string of the molecule is CC1Oc2cc(Oc3c(F)cc(C(F)(F)F)cc3Cl)ccc2N(C)C1=O. The molecule has 1 heterocycles. The van der Waals surface area contributed by atoms with Crippen LogP contribution in [-0.4, -0.2) is 19.1 Å². The normalized spacial score (nSPS) is 17.0. The number of carbonyl (C=O) groups excluding carboxylic acids is 1. The second-order valence-corrected chi connectivity index (χ2v) is 6.06. The van der Waals surface area contributed by atoms with Gasteiger partial charge in [0.1, 0.15) is 11.5 Å². The van der Waals surface area contributed by atoms with E-state index >= 15 is 0 Å². The molecule has 4 nitrogen and oxygen atoms in total. The number of hydrogen-bond acceptors (Lipinski definition) is 3. The molecule has 1 atom stereocenters. The van der Waals surface area contributed by atoms with Crippen LogP contribution >= 0.6 is 11.6 Å². The summed E-state index contributed by atoms with van der Waals surface area (Å²) in [6.45, 7) is 1.57. The molecule has 0 N–H and O–H groups in total. The molecule has 0 fully saturated rings. The van der Waals surface area contributed by atoms with Crippen LogP contribution in [0.2, 0.25) is 5.02 Å². The molecule has 1 amide bonds. The molecule has 1 aliphatic heterocycles. The van der Waals surface area contributed by atoms with Crippen LogP contribution in [0.3, 0.4) is 0 Å². The second kappa shape index (κ2) is 6.35.